The zero-order valence-corrected chi connectivity index (χ0v) is 10.3. The molecular weight excluding hydrogens is 168 g/mol. The molecule has 1 aliphatic rings. The minimum absolute atomic E-state index is 0.831. The van der Waals surface area contributed by atoms with Crippen molar-refractivity contribution in [2.45, 2.75) is 59.8 Å². The van der Waals surface area contributed by atoms with Crippen molar-refractivity contribution in [2.75, 3.05) is 0 Å². The Morgan fingerprint density at radius 2 is 1.71 bits per heavy atom. The predicted molar refractivity (Wildman–Crippen MR) is 64.3 cm³/mol. The molecule has 0 fully saturated rings. The zero-order chi connectivity index (χ0) is 10.6. The minimum Gasteiger partial charge on any atom is -0.0853 e. The fraction of sp³-hybridized carbons (Fsp3) is 0.857. The Labute approximate surface area is 89.8 Å². The van der Waals surface area contributed by atoms with E-state index >= 15 is 0 Å². The predicted octanol–water partition coefficient (Wildman–Crippen LogP) is 4.81. The molecule has 0 nitrogen and oxygen atoms in total. The molecule has 0 heterocycles. The van der Waals surface area contributed by atoms with Gasteiger partial charge in [0.15, 0.2) is 0 Å². The molecule has 0 saturated carbocycles. The van der Waals surface area contributed by atoms with Gasteiger partial charge in [0.25, 0.3) is 0 Å². The second-order valence-electron chi connectivity index (χ2n) is 5.46. The molecule has 0 heteroatoms. The molecule has 0 amide bonds. The average molecular weight is 194 g/mol. The van der Waals surface area contributed by atoms with Gasteiger partial charge in [-0.1, -0.05) is 39.3 Å². The maximum atomic E-state index is 2.50. The van der Waals surface area contributed by atoms with E-state index in [0.29, 0.717) is 0 Å². The fourth-order valence-electron chi connectivity index (χ4n) is 2.63. The summed E-state index contributed by atoms with van der Waals surface area (Å²) in [6.07, 6.45) is 9.40. The molecule has 0 aliphatic heterocycles. The molecule has 0 spiro atoms. The van der Waals surface area contributed by atoms with Crippen molar-refractivity contribution in [3.63, 3.8) is 0 Å². The number of allylic oxidation sites excluding steroid dienone is 2. The first kappa shape index (κ1) is 11.8. The largest absolute Gasteiger partial charge is 0.0853 e. The Morgan fingerprint density at radius 3 is 2.14 bits per heavy atom. The Morgan fingerprint density at radius 1 is 1.07 bits per heavy atom. The molecule has 0 bridgehead atoms. The van der Waals surface area contributed by atoms with Crippen molar-refractivity contribution in [3.8, 4) is 0 Å². The van der Waals surface area contributed by atoms with Gasteiger partial charge in [-0.15, -0.1) is 0 Å². The first-order valence-corrected chi connectivity index (χ1v) is 6.29. The first-order chi connectivity index (χ1) is 6.61. The highest BCUT2D eigenvalue weighted by Gasteiger charge is 2.19. The molecule has 14 heavy (non-hydrogen) atoms. The van der Waals surface area contributed by atoms with Crippen LogP contribution in [-0.4, -0.2) is 0 Å². The van der Waals surface area contributed by atoms with Crippen LogP contribution in [0, 0.1) is 17.8 Å². The molecule has 82 valence electrons. The Balaban J connectivity index is 2.50. The maximum Gasteiger partial charge on any atom is -0.0287 e. The summed E-state index contributed by atoms with van der Waals surface area (Å²) in [5, 5.41) is 0. The number of hydrogen-bond donors (Lipinski definition) is 0. The lowest BCUT2D eigenvalue weighted by atomic mass is 9.79. The van der Waals surface area contributed by atoms with Gasteiger partial charge in [0, 0.05) is 0 Å². The summed E-state index contributed by atoms with van der Waals surface area (Å²) in [7, 11) is 0. The van der Waals surface area contributed by atoms with Crippen LogP contribution in [0.5, 0.6) is 0 Å². The lowest BCUT2D eigenvalue weighted by Crippen LogP contribution is -2.16. The van der Waals surface area contributed by atoms with E-state index < -0.39 is 0 Å². The van der Waals surface area contributed by atoms with Crippen molar-refractivity contribution in [2.24, 2.45) is 17.8 Å². The van der Waals surface area contributed by atoms with Crippen LogP contribution in [0.1, 0.15) is 59.8 Å². The van der Waals surface area contributed by atoms with Crippen LogP contribution >= 0.6 is 0 Å². The summed E-state index contributed by atoms with van der Waals surface area (Å²) in [4.78, 5) is 0. The van der Waals surface area contributed by atoms with Gasteiger partial charge in [-0.25, -0.2) is 0 Å². The quantitative estimate of drug-likeness (QED) is 0.564. The van der Waals surface area contributed by atoms with Gasteiger partial charge in [-0.2, -0.15) is 0 Å². The van der Waals surface area contributed by atoms with E-state index in [2.05, 4.69) is 33.8 Å². The van der Waals surface area contributed by atoms with Gasteiger partial charge >= 0.3 is 0 Å². The van der Waals surface area contributed by atoms with Gasteiger partial charge in [0.2, 0.25) is 0 Å². The van der Waals surface area contributed by atoms with Crippen molar-refractivity contribution in [1.29, 1.82) is 0 Å². The Kier molecular flexibility index (Phi) is 4.71. The molecule has 0 atom stereocenters. The molecular formula is C14H26. The molecule has 0 N–H and O–H groups in total. The van der Waals surface area contributed by atoms with Crippen molar-refractivity contribution >= 4 is 0 Å². The normalized spacial score (nSPS) is 18.1. The standard InChI is InChI=1S/C14H26/c1-11(2)14(12(3)4)10-13-8-6-5-7-9-13/h8,11-12,14H,5-7,9-10H2,1-4H3. The van der Waals surface area contributed by atoms with Crippen LogP contribution in [0.25, 0.3) is 0 Å². The second kappa shape index (κ2) is 5.58. The summed E-state index contributed by atoms with van der Waals surface area (Å²) in [6.45, 7) is 9.48. The lowest BCUT2D eigenvalue weighted by molar-refractivity contribution is 0.282. The third-order valence-corrected chi connectivity index (χ3v) is 3.60. The van der Waals surface area contributed by atoms with E-state index in [9.17, 15) is 0 Å². The maximum absolute atomic E-state index is 2.50. The van der Waals surface area contributed by atoms with Crippen LogP contribution in [0.15, 0.2) is 11.6 Å². The van der Waals surface area contributed by atoms with Crippen LogP contribution < -0.4 is 0 Å². The molecule has 0 aromatic rings. The molecule has 0 aromatic heterocycles. The van der Waals surface area contributed by atoms with Crippen LogP contribution in [0.4, 0.5) is 0 Å². The van der Waals surface area contributed by atoms with Crippen molar-refractivity contribution in [1.82, 2.24) is 0 Å². The van der Waals surface area contributed by atoms with E-state index in [0.717, 1.165) is 17.8 Å². The molecule has 0 unspecified atom stereocenters. The lowest BCUT2D eigenvalue weighted by Gasteiger charge is -2.27. The highest BCUT2D eigenvalue weighted by Crippen LogP contribution is 2.31. The van der Waals surface area contributed by atoms with Gasteiger partial charge < -0.3 is 0 Å². The smallest absolute Gasteiger partial charge is 0.0287 e. The first-order valence-electron chi connectivity index (χ1n) is 6.29. The third kappa shape index (κ3) is 3.48. The van der Waals surface area contributed by atoms with Gasteiger partial charge in [-0.3, -0.25) is 0 Å². The van der Waals surface area contributed by atoms with E-state index in [4.69, 9.17) is 0 Å². The third-order valence-electron chi connectivity index (χ3n) is 3.60. The summed E-state index contributed by atoms with van der Waals surface area (Å²) >= 11 is 0. The molecule has 0 aromatic carbocycles. The van der Waals surface area contributed by atoms with Gasteiger partial charge in [0.05, 0.1) is 0 Å². The van der Waals surface area contributed by atoms with E-state index in [1.807, 2.05) is 0 Å². The fourth-order valence-corrected chi connectivity index (χ4v) is 2.63. The number of hydrogen-bond acceptors (Lipinski definition) is 0. The Hall–Kier alpha value is -0.260. The van der Waals surface area contributed by atoms with E-state index in [1.54, 1.807) is 5.57 Å². The second-order valence-corrected chi connectivity index (χ2v) is 5.46. The van der Waals surface area contributed by atoms with Crippen molar-refractivity contribution < 1.29 is 0 Å². The van der Waals surface area contributed by atoms with Crippen LogP contribution in [0.3, 0.4) is 0 Å². The molecule has 1 rings (SSSR count). The summed E-state index contributed by atoms with van der Waals surface area (Å²) in [5.41, 5.74) is 1.74. The molecule has 0 radical (unpaired) electrons. The van der Waals surface area contributed by atoms with Crippen LogP contribution in [-0.2, 0) is 0 Å². The van der Waals surface area contributed by atoms with Gasteiger partial charge in [-0.05, 0) is 49.9 Å². The zero-order valence-electron chi connectivity index (χ0n) is 10.3. The van der Waals surface area contributed by atoms with Crippen LogP contribution in [0.2, 0.25) is 0 Å². The van der Waals surface area contributed by atoms with Gasteiger partial charge in [0.1, 0.15) is 0 Å². The summed E-state index contributed by atoms with van der Waals surface area (Å²) in [5.74, 6) is 2.55. The average Bonchev–Trinajstić information content (AvgIpc) is 2.15. The minimum atomic E-state index is 0.831. The van der Waals surface area contributed by atoms with Crippen molar-refractivity contribution in [3.05, 3.63) is 11.6 Å². The van der Waals surface area contributed by atoms with E-state index in [1.165, 1.54) is 32.1 Å². The Bertz CT molecular complexity index is 178. The number of rotatable bonds is 4. The topological polar surface area (TPSA) is 0 Å². The van der Waals surface area contributed by atoms with E-state index in [-0.39, 0.29) is 0 Å². The molecule has 1 aliphatic carbocycles. The summed E-state index contributed by atoms with van der Waals surface area (Å²) in [6, 6.07) is 0. The highest BCUT2D eigenvalue weighted by atomic mass is 14.2. The molecule has 0 saturated heterocycles. The summed E-state index contributed by atoms with van der Waals surface area (Å²) < 4.78 is 0. The highest BCUT2D eigenvalue weighted by molar-refractivity contribution is 5.06. The SMILES string of the molecule is CC(C)C(CC1=CCCCC1)C(C)C. The monoisotopic (exact) mass is 194 g/mol.